The number of aliphatic hydroxyl groups excluding tert-OH is 3. The van der Waals surface area contributed by atoms with Gasteiger partial charge in [0.05, 0.1) is 18.8 Å². The molecule has 90 valence electrons. The number of aliphatic hydroxyl groups is 3. The second-order valence-corrected chi connectivity index (χ2v) is 4.54. The molecule has 16 heavy (non-hydrogen) atoms. The molecule has 0 spiro atoms. The van der Waals surface area contributed by atoms with Gasteiger partial charge in [-0.2, -0.15) is 0 Å². The lowest BCUT2D eigenvalue weighted by Crippen LogP contribution is -2.14. The molecule has 0 heterocycles. The van der Waals surface area contributed by atoms with Crippen LogP contribution >= 0.6 is 11.8 Å². The van der Waals surface area contributed by atoms with E-state index in [2.05, 4.69) is 0 Å². The number of thioether (sulfide) groups is 1. The summed E-state index contributed by atoms with van der Waals surface area (Å²) in [5, 5.41) is 27.3. The number of halogens is 1. The monoisotopic (exact) mass is 246 g/mol. The Morgan fingerprint density at radius 2 is 2.06 bits per heavy atom. The minimum atomic E-state index is -0.894. The third kappa shape index (κ3) is 3.45. The minimum Gasteiger partial charge on any atom is -0.394 e. The van der Waals surface area contributed by atoms with Gasteiger partial charge in [0.15, 0.2) is 0 Å². The zero-order valence-electron chi connectivity index (χ0n) is 8.93. The SMILES string of the molecule is C[C@H](O)c1c(F)cccc1SCC(O)CO. The molecule has 5 heteroatoms. The van der Waals surface area contributed by atoms with E-state index in [1.54, 1.807) is 12.1 Å². The Morgan fingerprint density at radius 3 is 2.62 bits per heavy atom. The maximum Gasteiger partial charge on any atom is 0.130 e. The van der Waals surface area contributed by atoms with Crippen LogP contribution in [-0.4, -0.2) is 33.8 Å². The van der Waals surface area contributed by atoms with Crippen LogP contribution in [-0.2, 0) is 0 Å². The van der Waals surface area contributed by atoms with Crippen LogP contribution in [0.4, 0.5) is 4.39 Å². The van der Waals surface area contributed by atoms with Crippen molar-refractivity contribution in [3.05, 3.63) is 29.6 Å². The first kappa shape index (κ1) is 13.4. The van der Waals surface area contributed by atoms with E-state index >= 15 is 0 Å². The second kappa shape index (κ2) is 6.20. The van der Waals surface area contributed by atoms with Gasteiger partial charge in [-0.05, 0) is 19.1 Å². The van der Waals surface area contributed by atoms with Crippen molar-refractivity contribution in [3.8, 4) is 0 Å². The van der Waals surface area contributed by atoms with Crippen molar-refractivity contribution in [1.29, 1.82) is 0 Å². The first-order chi connectivity index (χ1) is 7.56. The van der Waals surface area contributed by atoms with E-state index in [0.717, 1.165) is 0 Å². The molecule has 3 nitrogen and oxygen atoms in total. The van der Waals surface area contributed by atoms with Gasteiger partial charge in [0.25, 0.3) is 0 Å². The highest BCUT2D eigenvalue weighted by molar-refractivity contribution is 7.99. The normalized spacial score (nSPS) is 14.8. The van der Waals surface area contributed by atoms with E-state index in [9.17, 15) is 14.6 Å². The van der Waals surface area contributed by atoms with Crippen molar-refractivity contribution in [2.75, 3.05) is 12.4 Å². The third-order valence-corrected chi connectivity index (χ3v) is 3.29. The lowest BCUT2D eigenvalue weighted by Gasteiger charge is -2.13. The molecule has 0 aromatic heterocycles. The molecule has 2 atom stereocenters. The Hall–Kier alpha value is -0.620. The Balaban J connectivity index is 2.83. The number of hydrogen-bond donors (Lipinski definition) is 3. The Labute approximate surface area is 97.9 Å². The average Bonchev–Trinajstić information content (AvgIpc) is 2.25. The minimum absolute atomic E-state index is 0.234. The predicted octanol–water partition coefficient (Wildman–Crippen LogP) is 1.32. The molecule has 1 aromatic carbocycles. The maximum absolute atomic E-state index is 13.4. The summed E-state index contributed by atoms with van der Waals surface area (Å²) in [5.41, 5.74) is 0.234. The van der Waals surface area contributed by atoms with Crippen LogP contribution in [0.3, 0.4) is 0 Å². The first-order valence-electron chi connectivity index (χ1n) is 4.94. The van der Waals surface area contributed by atoms with Crippen molar-refractivity contribution in [1.82, 2.24) is 0 Å². The van der Waals surface area contributed by atoms with E-state index in [1.807, 2.05) is 0 Å². The van der Waals surface area contributed by atoms with Gasteiger partial charge >= 0.3 is 0 Å². The summed E-state index contributed by atoms with van der Waals surface area (Å²) in [4.78, 5) is 0.586. The van der Waals surface area contributed by atoms with Crippen molar-refractivity contribution in [2.45, 2.75) is 24.0 Å². The fourth-order valence-electron chi connectivity index (χ4n) is 1.29. The highest BCUT2D eigenvalue weighted by Gasteiger charge is 2.14. The average molecular weight is 246 g/mol. The summed E-state index contributed by atoms with van der Waals surface area (Å²) in [6.07, 6.45) is -1.73. The number of benzene rings is 1. The van der Waals surface area contributed by atoms with Gasteiger partial charge in [-0.1, -0.05) is 6.07 Å². The van der Waals surface area contributed by atoms with Crippen molar-refractivity contribution in [2.24, 2.45) is 0 Å². The van der Waals surface area contributed by atoms with Gasteiger partial charge in [0.2, 0.25) is 0 Å². The summed E-state index contributed by atoms with van der Waals surface area (Å²) in [6, 6.07) is 4.52. The van der Waals surface area contributed by atoms with E-state index in [1.165, 1.54) is 24.8 Å². The molecule has 0 radical (unpaired) electrons. The molecule has 1 rings (SSSR count). The summed E-state index contributed by atoms with van der Waals surface area (Å²) in [6.45, 7) is 1.16. The fraction of sp³-hybridized carbons (Fsp3) is 0.455. The van der Waals surface area contributed by atoms with E-state index in [-0.39, 0.29) is 17.9 Å². The molecule has 0 bridgehead atoms. The van der Waals surface area contributed by atoms with Gasteiger partial charge < -0.3 is 15.3 Å². The first-order valence-corrected chi connectivity index (χ1v) is 5.93. The molecule has 0 saturated heterocycles. The molecule has 3 N–H and O–H groups in total. The van der Waals surface area contributed by atoms with Gasteiger partial charge in [0, 0.05) is 16.2 Å². The molecular weight excluding hydrogens is 231 g/mol. The lowest BCUT2D eigenvalue weighted by molar-refractivity contribution is 0.113. The van der Waals surface area contributed by atoms with Crippen LogP contribution in [0, 0.1) is 5.82 Å². The second-order valence-electron chi connectivity index (χ2n) is 3.48. The zero-order chi connectivity index (χ0) is 12.1. The Bertz CT molecular complexity index is 344. The molecule has 1 unspecified atom stereocenters. The van der Waals surface area contributed by atoms with E-state index in [0.29, 0.717) is 4.90 Å². The molecule has 1 aromatic rings. The molecule has 0 aliphatic rings. The summed E-state index contributed by atoms with van der Waals surface area (Å²) in [7, 11) is 0. The van der Waals surface area contributed by atoms with Gasteiger partial charge in [-0.15, -0.1) is 11.8 Å². The quantitative estimate of drug-likeness (QED) is 0.686. The summed E-state index contributed by atoms with van der Waals surface area (Å²) >= 11 is 1.21. The maximum atomic E-state index is 13.4. The van der Waals surface area contributed by atoms with Crippen LogP contribution in [0.1, 0.15) is 18.6 Å². The van der Waals surface area contributed by atoms with Crippen LogP contribution in [0.2, 0.25) is 0 Å². The lowest BCUT2D eigenvalue weighted by atomic mass is 10.1. The smallest absolute Gasteiger partial charge is 0.130 e. The van der Waals surface area contributed by atoms with Gasteiger partial charge in [-0.3, -0.25) is 0 Å². The van der Waals surface area contributed by atoms with E-state index < -0.39 is 18.0 Å². The van der Waals surface area contributed by atoms with Crippen molar-refractivity contribution >= 4 is 11.8 Å². The van der Waals surface area contributed by atoms with Crippen LogP contribution in [0.25, 0.3) is 0 Å². The zero-order valence-corrected chi connectivity index (χ0v) is 9.75. The summed E-state index contributed by atoms with van der Waals surface area (Å²) in [5.74, 6) is -0.196. The fourth-order valence-corrected chi connectivity index (χ4v) is 2.36. The molecule has 0 aliphatic carbocycles. The van der Waals surface area contributed by atoms with Crippen LogP contribution in [0.5, 0.6) is 0 Å². The highest BCUT2D eigenvalue weighted by Crippen LogP contribution is 2.29. The van der Waals surface area contributed by atoms with Gasteiger partial charge in [-0.25, -0.2) is 4.39 Å². The molecule has 0 aliphatic heterocycles. The standard InChI is InChI=1S/C11H15FO3S/c1-7(14)11-9(12)3-2-4-10(11)16-6-8(15)5-13/h2-4,7-8,13-15H,5-6H2,1H3/t7-,8?/m0/s1. The number of rotatable bonds is 5. The molecular formula is C11H15FO3S. The summed E-state index contributed by atoms with van der Waals surface area (Å²) < 4.78 is 13.4. The number of hydrogen-bond acceptors (Lipinski definition) is 4. The predicted molar refractivity (Wildman–Crippen MR) is 60.9 cm³/mol. The Morgan fingerprint density at radius 1 is 1.38 bits per heavy atom. The molecule has 0 saturated carbocycles. The topological polar surface area (TPSA) is 60.7 Å². The van der Waals surface area contributed by atoms with Gasteiger partial charge in [0.1, 0.15) is 5.82 Å². The van der Waals surface area contributed by atoms with Crippen LogP contribution in [0.15, 0.2) is 23.1 Å². The highest BCUT2D eigenvalue weighted by atomic mass is 32.2. The van der Waals surface area contributed by atoms with Crippen molar-refractivity contribution in [3.63, 3.8) is 0 Å². The molecule has 0 amide bonds. The third-order valence-electron chi connectivity index (χ3n) is 2.07. The molecule has 0 fully saturated rings. The van der Waals surface area contributed by atoms with Crippen LogP contribution < -0.4 is 0 Å². The Kier molecular flexibility index (Phi) is 5.21. The van der Waals surface area contributed by atoms with E-state index in [4.69, 9.17) is 5.11 Å². The largest absolute Gasteiger partial charge is 0.394 e. The van der Waals surface area contributed by atoms with Crippen molar-refractivity contribution < 1.29 is 19.7 Å².